The summed E-state index contributed by atoms with van der Waals surface area (Å²) < 4.78 is 32.4. The zero-order valence-electron chi connectivity index (χ0n) is 29.4. The lowest BCUT2D eigenvalue weighted by molar-refractivity contribution is -0.161. The first-order chi connectivity index (χ1) is 22.6. The molecule has 4 N–H and O–H groups in total. The first-order valence-electron chi connectivity index (χ1n) is 18.2. The van der Waals surface area contributed by atoms with E-state index in [0.717, 1.165) is 38.5 Å². The molecule has 0 heterocycles. The lowest BCUT2D eigenvalue weighted by Gasteiger charge is -2.20. The second-order valence-corrected chi connectivity index (χ2v) is 13.8. The molecule has 0 fully saturated rings. The number of carbonyl (C=O) groups is 3. The second kappa shape index (κ2) is 31.5. The molecule has 0 spiro atoms. The highest BCUT2D eigenvalue weighted by atomic mass is 31.2. The molecule has 0 amide bonds. The third kappa shape index (κ3) is 31.3. The Hall–Kier alpha value is -1.78. The fourth-order valence-corrected chi connectivity index (χ4v) is 5.59. The van der Waals surface area contributed by atoms with Crippen LogP contribution in [0.4, 0.5) is 0 Å². The molecule has 1 unspecified atom stereocenters. The summed E-state index contributed by atoms with van der Waals surface area (Å²) in [7, 11) is -4.70. The van der Waals surface area contributed by atoms with E-state index in [1.54, 1.807) is 0 Å². The number of aliphatic carboxylic acids is 1. The van der Waals surface area contributed by atoms with E-state index in [4.69, 9.17) is 24.8 Å². The highest BCUT2D eigenvalue weighted by Gasteiger charge is 2.28. The number of carbonyl (C=O) groups excluding carboxylic acids is 2. The van der Waals surface area contributed by atoms with Gasteiger partial charge in [-0.1, -0.05) is 129 Å². The Morgan fingerprint density at radius 2 is 1.09 bits per heavy atom. The molecule has 0 saturated carbocycles. The molecule has 0 aliphatic heterocycles. The van der Waals surface area contributed by atoms with E-state index in [9.17, 15) is 23.8 Å². The minimum absolute atomic E-state index is 0.163. The number of esters is 2. The van der Waals surface area contributed by atoms with E-state index >= 15 is 0 Å². The van der Waals surface area contributed by atoms with Crippen molar-refractivity contribution in [1.29, 1.82) is 0 Å². The van der Waals surface area contributed by atoms with Gasteiger partial charge < -0.3 is 25.2 Å². The molecule has 276 valence electrons. The number of phosphoric ester groups is 1. The lowest BCUT2D eigenvalue weighted by atomic mass is 10.1. The summed E-state index contributed by atoms with van der Waals surface area (Å²) in [6.07, 6.45) is 27.3. The summed E-state index contributed by atoms with van der Waals surface area (Å²) >= 11 is 0. The Balaban J connectivity index is 4.38. The van der Waals surface area contributed by atoms with Crippen LogP contribution >= 0.6 is 7.82 Å². The highest BCUT2D eigenvalue weighted by Crippen LogP contribution is 2.43. The summed E-state index contributed by atoms with van der Waals surface area (Å²) in [5.74, 6) is -2.38. The first kappa shape index (κ1) is 45.2. The number of rotatable bonds is 34. The summed E-state index contributed by atoms with van der Waals surface area (Å²) in [6.45, 7) is 2.71. The normalized spacial score (nSPS) is 14.1. The molecule has 47 heavy (non-hydrogen) atoms. The van der Waals surface area contributed by atoms with Crippen molar-refractivity contribution in [3.63, 3.8) is 0 Å². The maximum atomic E-state index is 12.4. The Morgan fingerprint density at radius 1 is 0.638 bits per heavy atom. The van der Waals surface area contributed by atoms with Crippen molar-refractivity contribution in [3.8, 4) is 0 Å². The van der Waals surface area contributed by atoms with Gasteiger partial charge in [-0.05, 0) is 32.1 Å². The van der Waals surface area contributed by atoms with Crippen LogP contribution in [0.5, 0.6) is 0 Å². The minimum atomic E-state index is -4.70. The molecule has 0 aliphatic rings. The summed E-state index contributed by atoms with van der Waals surface area (Å²) in [5.41, 5.74) is 5.30. The number of nitrogens with two attached hydrogens (primary N) is 1. The molecule has 0 aromatic carbocycles. The van der Waals surface area contributed by atoms with E-state index < -0.39 is 51.1 Å². The maximum absolute atomic E-state index is 12.4. The van der Waals surface area contributed by atoms with Crippen LogP contribution in [0.15, 0.2) is 12.2 Å². The number of unbranched alkanes of at least 4 members (excludes halogenated alkanes) is 18. The van der Waals surface area contributed by atoms with E-state index in [1.807, 2.05) is 0 Å². The number of hydrogen-bond acceptors (Lipinski definition) is 9. The number of carboxylic acids is 1. The zero-order chi connectivity index (χ0) is 35.0. The van der Waals surface area contributed by atoms with Crippen molar-refractivity contribution < 1.29 is 47.5 Å². The van der Waals surface area contributed by atoms with Crippen LogP contribution < -0.4 is 5.73 Å². The van der Waals surface area contributed by atoms with Crippen molar-refractivity contribution in [2.45, 2.75) is 174 Å². The number of allylic oxidation sites excluding steroid dienone is 2. The van der Waals surface area contributed by atoms with E-state index in [1.165, 1.54) is 83.5 Å². The average Bonchev–Trinajstić information content (AvgIpc) is 3.04. The van der Waals surface area contributed by atoms with E-state index in [2.05, 4.69) is 30.5 Å². The molecule has 12 heteroatoms. The molecule has 0 radical (unpaired) electrons. The van der Waals surface area contributed by atoms with Crippen LogP contribution in [0.1, 0.15) is 162 Å². The van der Waals surface area contributed by atoms with Gasteiger partial charge in [0.15, 0.2) is 6.10 Å². The number of hydrogen-bond donors (Lipinski definition) is 3. The number of carboxylic acid groups (broad SMARTS) is 1. The van der Waals surface area contributed by atoms with Gasteiger partial charge in [0.1, 0.15) is 12.6 Å². The van der Waals surface area contributed by atoms with Crippen LogP contribution in [0.25, 0.3) is 0 Å². The smallest absolute Gasteiger partial charge is 0.472 e. The number of ether oxygens (including phenoxy) is 2. The van der Waals surface area contributed by atoms with Crippen LogP contribution in [0.3, 0.4) is 0 Å². The molecular weight excluding hydrogens is 625 g/mol. The summed E-state index contributed by atoms with van der Waals surface area (Å²) in [4.78, 5) is 45.5. The molecule has 0 aliphatic carbocycles. The first-order valence-corrected chi connectivity index (χ1v) is 19.7. The standard InChI is InChI=1S/C35H66NO10P/c1-3-5-7-9-11-13-14-15-16-17-18-19-21-22-24-26-33(37)43-28-31(29-44-47(41,42)45-30-32(36)35(39)40)46-34(38)27-25-23-20-12-10-8-6-4-2/h9,11,31-32H,3-8,10,12-30,36H2,1-2H3,(H,39,40)(H,41,42)/b11-9+/t31-,32+/m0/s1. The van der Waals surface area contributed by atoms with Gasteiger partial charge in [-0.25, -0.2) is 4.57 Å². The fraction of sp³-hybridized carbons (Fsp3) is 0.857. The lowest BCUT2D eigenvalue weighted by Crippen LogP contribution is -2.34. The molecule has 3 atom stereocenters. The molecule has 0 aromatic rings. The predicted octanol–water partition coefficient (Wildman–Crippen LogP) is 8.56. The highest BCUT2D eigenvalue weighted by molar-refractivity contribution is 7.47. The van der Waals surface area contributed by atoms with Crippen LogP contribution in [-0.4, -0.2) is 59.9 Å². The van der Waals surface area contributed by atoms with Gasteiger partial charge >= 0.3 is 25.7 Å². The van der Waals surface area contributed by atoms with Gasteiger partial charge in [-0.15, -0.1) is 0 Å². The molecular formula is C35H66NO10P. The van der Waals surface area contributed by atoms with Crippen molar-refractivity contribution >= 4 is 25.7 Å². The monoisotopic (exact) mass is 691 g/mol. The van der Waals surface area contributed by atoms with Crippen LogP contribution in [-0.2, 0) is 37.5 Å². The van der Waals surface area contributed by atoms with Crippen molar-refractivity contribution in [2.75, 3.05) is 19.8 Å². The van der Waals surface area contributed by atoms with Crippen molar-refractivity contribution in [2.24, 2.45) is 5.73 Å². The minimum Gasteiger partial charge on any atom is -0.480 e. The van der Waals surface area contributed by atoms with Gasteiger partial charge in [0, 0.05) is 12.8 Å². The van der Waals surface area contributed by atoms with Crippen LogP contribution in [0, 0.1) is 0 Å². The molecule has 11 nitrogen and oxygen atoms in total. The van der Waals surface area contributed by atoms with Crippen molar-refractivity contribution in [1.82, 2.24) is 0 Å². The van der Waals surface area contributed by atoms with Gasteiger partial charge in [0.25, 0.3) is 0 Å². The largest absolute Gasteiger partial charge is 0.480 e. The van der Waals surface area contributed by atoms with Gasteiger partial charge in [-0.3, -0.25) is 23.4 Å². The quantitative estimate of drug-likeness (QED) is 0.0255. The molecule has 0 aromatic heterocycles. The van der Waals surface area contributed by atoms with E-state index in [-0.39, 0.29) is 19.4 Å². The second-order valence-electron chi connectivity index (χ2n) is 12.4. The van der Waals surface area contributed by atoms with Gasteiger partial charge in [0.2, 0.25) is 0 Å². The third-order valence-corrected chi connectivity index (χ3v) is 8.71. The zero-order valence-corrected chi connectivity index (χ0v) is 30.3. The number of phosphoric acid groups is 1. The molecule has 0 rings (SSSR count). The van der Waals surface area contributed by atoms with Crippen LogP contribution in [0.2, 0.25) is 0 Å². The van der Waals surface area contributed by atoms with Gasteiger partial charge in [0.05, 0.1) is 13.2 Å². The predicted molar refractivity (Wildman–Crippen MR) is 185 cm³/mol. The topological polar surface area (TPSA) is 172 Å². The third-order valence-electron chi connectivity index (χ3n) is 7.76. The SMILES string of the molecule is CCCC/C=C/CCCCCCCCCCCC(=O)OC[C@@H](COP(=O)(O)OC[C@@H](N)C(=O)O)OC(=O)CCCCCCCCCC. The summed E-state index contributed by atoms with van der Waals surface area (Å²) in [6, 6.07) is -1.52. The molecule has 0 saturated heterocycles. The summed E-state index contributed by atoms with van der Waals surface area (Å²) in [5, 5.41) is 8.83. The molecule has 0 bridgehead atoms. The Labute approximate surface area is 284 Å². The van der Waals surface area contributed by atoms with E-state index in [0.29, 0.717) is 12.8 Å². The Kier molecular flexibility index (Phi) is 30.3. The Morgan fingerprint density at radius 3 is 1.62 bits per heavy atom. The average molecular weight is 692 g/mol. The van der Waals surface area contributed by atoms with Gasteiger partial charge in [-0.2, -0.15) is 0 Å². The Bertz CT molecular complexity index is 869. The fourth-order valence-electron chi connectivity index (χ4n) is 4.81. The maximum Gasteiger partial charge on any atom is 0.472 e. The van der Waals surface area contributed by atoms with Crippen molar-refractivity contribution in [3.05, 3.63) is 12.2 Å².